The SMILES string of the molecule is CCCCOc1ccc(-c2nc3ccc(OCCCN4CCN(CCOCC)CC4)cc3o2)cc1. The Labute approximate surface area is 209 Å². The van der Waals surface area contributed by atoms with E-state index in [-0.39, 0.29) is 0 Å². The Balaban J connectivity index is 1.21. The molecule has 1 fully saturated rings. The van der Waals surface area contributed by atoms with E-state index >= 15 is 0 Å². The van der Waals surface area contributed by atoms with Crippen molar-refractivity contribution in [2.24, 2.45) is 0 Å². The number of oxazole rings is 1. The van der Waals surface area contributed by atoms with Gasteiger partial charge in [0.2, 0.25) is 5.89 Å². The molecule has 0 spiro atoms. The van der Waals surface area contributed by atoms with Crippen LogP contribution in [0.15, 0.2) is 46.9 Å². The van der Waals surface area contributed by atoms with Gasteiger partial charge in [0.15, 0.2) is 5.58 Å². The Bertz CT molecular complexity index is 1010. The summed E-state index contributed by atoms with van der Waals surface area (Å²) in [6.45, 7) is 13.8. The van der Waals surface area contributed by atoms with Gasteiger partial charge in [-0.1, -0.05) is 13.3 Å². The monoisotopic (exact) mass is 481 g/mol. The molecule has 0 unspecified atom stereocenters. The topological polar surface area (TPSA) is 60.2 Å². The molecule has 0 aliphatic carbocycles. The summed E-state index contributed by atoms with van der Waals surface area (Å²) < 4.78 is 23.2. The molecule has 1 saturated heterocycles. The van der Waals surface area contributed by atoms with Gasteiger partial charge in [-0.15, -0.1) is 0 Å². The summed E-state index contributed by atoms with van der Waals surface area (Å²) in [6.07, 6.45) is 3.19. The van der Waals surface area contributed by atoms with Gasteiger partial charge in [0, 0.05) is 57.5 Å². The summed E-state index contributed by atoms with van der Waals surface area (Å²) in [5.74, 6) is 2.30. The molecule has 7 heteroatoms. The fourth-order valence-electron chi connectivity index (χ4n) is 4.20. The average molecular weight is 482 g/mol. The van der Waals surface area contributed by atoms with E-state index in [2.05, 4.69) is 21.7 Å². The Kier molecular flexibility index (Phi) is 9.81. The molecule has 0 amide bonds. The molecule has 0 radical (unpaired) electrons. The van der Waals surface area contributed by atoms with E-state index in [9.17, 15) is 0 Å². The van der Waals surface area contributed by atoms with Crippen LogP contribution in [0.25, 0.3) is 22.6 Å². The summed E-state index contributed by atoms with van der Waals surface area (Å²) in [5.41, 5.74) is 2.51. The van der Waals surface area contributed by atoms with Crippen LogP contribution in [-0.4, -0.2) is 80.5 Å². The van der Waals surface area contributed by atoms with Gasteiger partial charge in [0.25, 0.3) is 0 Å². The van der Waals surface area contributed by atoms with Gasteiger partial charge in [0.05, 0.1) is 19.8 Å². The van der Waals surface area contributed by atoms with E-state index in [4.69, 9.17) is 18.6 Å². The van der Waals surface area contributed by atoms with E-state index in [1.807, 2.05) is 49.4 Å². The van der Waals surface area contributed by atoms with Gasteiger partial charge in [-0.2, -0.15) is 0 Å². The second-order valence-corrected chi connectivity index (χ2v) is 8.96. The van der Waals surface area contributed by atoms with Crippen LogP contribution >= 0.6 is 0 Å². The molecule has 0 N–H and O–H groups in total. The lowest BCUT2D eigenvalue weighted by molar-refractivity contribution is 0.0791. The first kappa shape index (κ1) is 25.5. The van der Waals surface area contributed by atoms with E-state index in [1.165, 1.54) is 0 Å². The molecule has 0 saturated carbocycles. The van der Waals surface area contributed by atoms with Gasteiger partial charge in [-0.3, -0.25) is 4.90 Å². The van der Waals surface area contributed by atoms with Crippen LogP contribution in [0.3, 0.4) is 0 Å². The van der Waals surface area contributed by atoms with Crippen LogP contribution in [0, 0.1) is 0 Å². The number of piperazine rings is 1. The zero-order valence-corrected chi connectivity index (χ0v) is 21.2. The predicted octanol–water partition coefficient (Wildman–Crippen LogP) is 5.10. The van der Waals surface area contributed by atoms with Gasteiger partial charge in [-0.25, -0.2) is 4.98 Å². The second-order valence-electron chi connectivity index (χ2n) is 8.96. The van der Waals surface area contributed by atoms with Crippen LogP contribution in [0.2, 0.25) is 0 Å². The summed E-state index contributed by atoms with van der Waals surface area (Å²) >= 11 is 0. The molecular weight excluding hydrogens is 442 g/mol. The first-order valence-corrected chi connectivity index (χ1v) is 13.0. The maximum absolute atomic E-state index is 6.03. The van der Waals surface area contributed by atoms with Crippen molar-refractivity contribution in [1.82, 2.24) is 14.8 Å². The zero-order valence-electron chi connectivity index (χ0n) is 21.2. The van der Waals surface area contributed by atoms with Crippen LogP contribution in [0.4, 0.5) is 0 Å². The first-order valence-electron chi connectivity index (χ1n) is 13.0. The lowest BCUT2D eigenvalue weighted by Crippen LogP contribution is -2.47. The Morgan fingerprint density at radius 2 is 1.49 bits per heavy atom. The van der Waals surface area contributed by atoms with E-state index < -0.39 is 0 Å². The van der Waals surface area contributed by atoms with Crippen molar-refractivity contribution in [2.45, 2.75) is 33.1 Å². The highest BCUT2D eigenvalue weighted by Crippen LogP contribution is 2.28. The summed E-state index contributed by atoms with van der Waals surface area (Å²) in [5, 5.41) is 0. The molecule has 4 rings (SSSR count). The van der Waals surface area contributed by atoms with E-state index in [0.717, 1.165) is 107 Å². The average Bonchev–Trinajstić information content (AvgIpc) is 3.32. The maximum atomic E-state index is 6.03. The van der Waals surface area contributed by atoms with Gasteiger partial charge in [-0.05, 0) is 56.2 Å². The van der Waals surface area contributed by atoms with Gasteiger partial charge in [0.1, 0.15) is 17.0 Å². The normalized spacial score (nSPS) is 15.0. The van der Waals surface area contributed by atoms with Gasteiger partial charge < -0.3 is 23.5 Å². The Morgan fingerprint density at radius 1 is 0.800 bits per heavy atom. The van der Waals surface area contributed by atoms with Gasteiger partial charge >= 0.3 is 0 Å². The number of benzene rings is 2. The fraction of sp³-hybridized carbons (Fsp3) is 0.536. The van der Waals surface area contributed by atoms with Crippen molar-refractivity contribution >= 4 is 11.1 Å². The number of hydrogen-bond donors (Lipinski definition) is 0. The molecule has 35 heavy (non-hydrogen) atoms. The van der Waals surface area contributed by atoms with Crippen LogP contribution in [0.1, 0.15) is 33.1 Å². The summed E-state index contributed by atoms with van der Waals surface area (Å²) in [6, 6.07) is 13.8. The minimum absolute atomic E-state index is 0.609. The lowest BCUT2D eigenvalue weighted by atomic mass is 10.2. The third-order valence-electron chi connectivity index (χ3n) is 6.34. The minimum atomic E-state index is 0.609. The van der Waals surface area contributed by atoms with Crippen LogP contribution < -0.4 is 9.47 Å². The minimum Gasteiger partial charge on any atom is -0.494 e. The maximum Gasteiger partial charge on any atom is 0.227 e. The number of aromatic nitrogens is 1. The third kappa shape index (κ3) is 7.69. The molecule has 2 heterocycles. The Hall–Kier alpha value is -2.61. The molecule has 1 aliphatic heterocycles. The molecule has 0 atom stereocenters. The molecule has 0 bridgehead atoms. The quantitative estimate of drug-likeness (QED) is 0.297. The Morgan fingerprint density at radius 3 is 2.23 bits per heavy atom. The largest absolute Gasteiger partial charge is 0.494 e. The molecule has 1 aromatic heterocycles. The molecule has 2 aromatic carbocycles. The second kappa shape index (κ2) is 13.5. The highest BCUT2D eigenvalue weighted by atomic mass is 16.5. The zero-order chi connectivity index (χ0) is 24.3. The fourth-order valence-corrected chi connectivity index (χ4v) is 4.20. The molecule has 190 valence electrons. The molecule has 7 nitrogen and oxygen atoms in total. The smallest absolute Gasteiger partial charge is 0.227 e. The molecular formula is C28H39N3O4. The van der Waals surface area contributed by atoms with Crippen molar-refractivity contribution in [3.63, 3.8) is 0 Å². The number of fused-ring (bicyclic) bond motifs is 1. The number of unbranched alkanes of at least 4 members (excludes halogenated alkanes) is 1. The van der Waals surface area contributed by atoms with E-state index in [0.29, 0.717) is 12.5 Å². The number of hydrogen-bond acceptors (Lipinski definition) is 7. The summed E-state index contributed by atoms with van der Waals surface area (Å²) in [4.78, 5) is 9.64. The first-order chi connectivity index (χ1) is 17.2. The van der Waals surface area contributed by atoms with E-state index in [1.54, 1.807) is 0 Å². The third-order valence-corrected chi connectivity index (χ3v) is 6.34. The predicted molar refractivity (Wildman–Crippen MR) is 139 cm³/mol. The highest BCUT2D eigenvalue weighted by Gasteiger charge is 2.16. The van der Waals surface area contributed by atoms with Crippen molar-refractivity contribution in [1.29, 1.82) is 0 Å². The molecule has 1 aliphatic rings. The summed E-state index contributed by atoms with van der Waals surface area (Å²) in [7, 11) is 0. The van der Waals surface area contributed by atoms with Crippen LogP contribution in [-0.2, 0) is 4.74 Å². The van der Waals surface area contributed by atoms with Crippen LogP contribution in [0.5, 0.6) is 11.5 Å². The highest BCUT2D eigenvalue weighted by molar-refractivity contribution is 5.77. The number of ether oxygens (including phenoxy) is 3. The van der Waals surface area contributed by atoms with Crippen molar-refractivity contribution in [3.8, 4) is 23.0 Å². The lowest BCUT2D eigenvalue weighted by Gasteiger charge is -2.34. The van der Waals surface area contributed by atoms with Crippen molar-refractivity contribution in [3.05, 3.63) is 42.5 Å². The van der Waals surface area contributed by atoms with Crippen molar-refractivity contribution < 1.29 is 18.6 Å². The number of nitrogens with zero attached hydrogens (tertiary/aromatic N) is 3. The van der Waals surface area contributed by atoms with Crippen molar-refractivity contribution in [2.75, 3.05) is 65.7 Å². The standard InChI is InChI=1S/C28H39N3O4/c1-3-5-19-33-24-9-7-23(8-10-24)28-29-26-12-11-25(22-27(26)35-28)34-20-6-13-30-14-16-31(17-15-30)18-21-32-4-2/h7-12,22H,3-6,13-21H2,1-2H3. The number of rotatable bonds is 14. The molecule has 3 aromatic rings.